The van der Waals surface area contributed by atoms with Gasteiger partial charge < -0.3 is 0 Å². The zero-order chi connectivity index (χ0) is 14.9. The number of carbonyl (C=O) groups is 1. The lowest BCUT2D eigenvalue weighted by molar-refractivity contribution is -0.534. The second-order valence-corrected chi connectivity index (χ2v) is 4.48. The predicted molar refractivity (Wildman–Crippen MR) is 63.8 cm³/mol. The van der Waals surface area contributed by atoms with Gasteiger partial charge in [0.1, 0.15) is 0 Å². The highest BCUT2D eigenvalue weighted by atomic mass is 19.4. The van der Waals surface area contributed by atoms with Crippen LogP contribution in [0.2, 0.25) is 0 Å². The van der Waals surface area contributed by atoms with E-state index in [0.29, 0.717) is 4.90 Å². The number of anilines is 1. The van der Waals surface area contributed by atoms with E-state index in [1.54, 1.807) is 6.07 Å². The Balaban J connectivity index is 2.48. The number of para-hydroxylation sites is 1. The summed E-state index contributed by atoms with van der Waals surface area (Å²) in [6.45, 7) is 0. The standard InChI is InChI=1S/C12H11F3N2O3/c13-12(14,15)11-9(17(19)20)6-7-10(18)16(11)8-4-2-1-3-5-8/h1-5,9,11H,6-7H2. The van der Waals surface area contributed by atoms with Crippen molar-refractivity contribution in [2.75, 3.05) is 4.90 Å². The molecular weight excluding hydrogens is 277 g/mol. The zero-order valence-corrected chi connectivity index (χ0v) is 10.2. The first-order valence-corrected chi connectivity index (χ1v) is 5.89. The Morgan fingerprint density at radius 1 is 1.25 bits per heavy atom. The van der Waals surface area contributed by atoms with Crippen LogP contribution in [0.5, 0.6) is 0 Å². The van der Waals surface area contributed by atoms with Crippen molar-refractivity contribution < 1.29 is 22.9 Å². The Kier molecular flexibility index (Phi) is 3.65. The summed E-state index contributed by atoms with van der Waals surface area (Å²) >= 11 is 0. The molecule has 2 atom stereocenters. The molecule has 0 saturated carbocycles. The first kappa shape index (κ1) is 14.3. The van der Waals surface area contributed by atoms with Crippen molar-refractivity contribution in [3.8, 4) is 0 Å². The summed E-state index contributed by atoms with van der Waals surface area (Å²) in [5.74, 6) is -0.753. The number of nitro groups is 1. The Morgan fingerprint density at radius 2 is 1.85 bits per heavy atom. The van der Waals surface area contributed by atoms with Gasteiger partial charge in [-0.1, -0.05) is 18.2 Å². The summed E-state index contributed by atoms with van der Waals surface area (Å²) in [5, 5.41) is 10.9. The topological polar surface area (TPSA) is 63.4 Å². The number of nitrogens with zero attached hydrogens (tertiary/aromatic N) is 2. The van der Waals surface area contributed by atoms with E-state index < -0.39 is 35.5 Å². The zero-order valence-electron chi connectivity index (χ0n) is 10.2. The summed E-state index contributed by atoms with van der Waals surface area (Å²) in [5.41, 5.74) is 0.0198. The normalized spacial score (nSPS) is 23.8. The molecule has 8 heteroatoms. The average molecular weight is 288 g/mol. The van der Waals surface area contributed by atoms with E-state index in [4.69, 9.17) is 0 Å². The monoisotopic (exact) mass is 288 g/mol. The lowest BCUT2D eigenvalue weighted by Crippen LogP contribution is -2.60. The molecule has 1 amide bonds. The summed E-state index contributed by atoms with van der Waals surface area (Å²) < 4.78 is 39.5. The maximum atomic E-state index is 13.2. The SMILES string of the molecule is O=C1CCC([N+](=O)[O-])C(C(F)(F)F)N1c1ccccc1. The van der Waals surface area contributed by atoms with E-state index in [9.17, 15) is 28.1 Å². The Bertz CT molecular complexity index is 518. The minimum absolute atomic E-state index is 0.0198. The molecule has 1 aliphatic rings. The molecule has 1 heterocycles. The number of rotatable bonds is 2. The average Bonchev–Trinajstić information content (AvgIpc) is 2.38. The van der Waals surface area contributed by atoms with Gasteiger partial charge in [0, 0.05) is 23.5 Å². The Labute approximate surface area is 112 Å². The molecule has 1 aromatic carbocycles. The van der Waals surface area contributed by atoms with Crippen LogP contribution < -0.4 is 4.90 Å². The number of carbonyl (C=O) groups excluding carboxylic acids is 1. The number of hydrogen-bond acceptors (Lipinski definition) is 3. The van der Waals surface area contributed by atoms with Crippen LogP contribution in [-0.4, -0.2) is 29.1 Å². The van der Waals surface area contributed by atoms with Gasteiger partial charge >= 0.3 is 6.18 Å². The third-order valence-electron chi connectivity index (χ3n) is 3.21. The fourth-order valence-corrected chi connectivity index (χ4v) is 2.36. The van der Waals surface area contributed by atoms with Gasteiger partial charge in [0.25, 0.3) is 0 Å². The smallest absolute Gasteiger partial charge is 0.294 e. The van der Waals surface area contributed by atoms with E-state index in [2.05, 4.69) is 0 Å². The number of hydrogen-bond donors (Lipinski definition) is 0. The van der Waals surface area contributed by atoms with E-state index in [1.807, 2.05) is 0 Å². The van der Waals surface area contributed by atoms with Crippen molar-refractivity contribution in [3.63, 3.8) is 0 Å². The molecule has 5 nitrogen and oxygen atoms in total. The number of halogens is 3. The maximum absolute atomic E-state index is 13.2. The van der Waals surface area contributed by atoms with Crippen molar-refractivity contribution in [2.45, 2.75) is 31.1 Å². The van der Waals surface area contributed by atoms with Crippen LogP contribution in [0.1, 0.15) is 12.8 Å². The van der Waals surface area contributed by atoms with Crippen molar-refractivity contribution in [3.05, 3.63) is 40.4 Å². The van der Waals surface area contributed by atoms with Gasteiger partial charge in [-0.05, 0) is 12.1 Å². The molecular formula is C12H11F3N2O3. The molecule has 0 aliphatic carbocycles. The third kappa shape index (κ3) is 2.59. The lowest BCUT2D eigenvalue weighted by atomic mass is 9.94. The fraction of sp³-hybridized carbons (Fsp3) is 0.417. The van der Waals surface area contributed by atoms with Crippen molar-refractivity contribution >= 4 is 11.6 Å². The molecule has 0 bridgehead atoms. The van der Waals surface area contributed by atoms with Crippen LogP contribution in [0.4, 0.5) is 18.9 Å². The second kappa shape index (κ2) is 5.10. The molecule has 1 aliphatic heterocycles. The highest BCUT2D eigenvalue weighted by Gasteiger charge is 2.57. The molecule has 0 spiro atoms. The first-order chi connectivity index (χ1) is 9.32. The van der Waals surface area contributed by atoms with Crippen molar-refractivity contribution in [1.29, 1.82) is 0 Å². The number of benzene rings is 1. The molecule has 1 saturated heterocycles. The molecule has 0 radical (unpaired) electrons. The molecule has 0 aromatic heterocycles. The van der Waals surface area contributed by atoms with Gasteiger partial charge in [0.2, 0.25) is 11.9 Å². The molecule has 2 rings (SSSR count). The molecule has 1 fully saturated rings. The van der Waals surface area contributed by atoms with Gasteiger partial charge in [0.15, 0.2) is 6.04 Å². The van der Waals surface area contributed by atoms with Gasteiger partial charge in [-0.15, -0.1) is 0 Å². The molecule has 0 N–H and O–H groups in total. The molecule has 1 aromatic rings. The summed E-state index contributed by atoms with van der Waals surface area (Å²) in [6.07, 6.45) is -5.53. The molecule has 108 valence electrons. The quantitative estimate of drug-likeness (QED) is 0.620. The Morgan fingerprint density at radius 3 is 2.35 bits per heavy atom. The largest absolute Gasteiger partial charge is 0.415 e. The number of amides is 1. The van der Waals surface area contributed by atoms with Crippen molar-refractivity contribution in [1.82, 2.24) is 0 Å². The van der Waals surface area contributed by atoms with Crippen LogP contribution in [0, 0.1) is 10.1 Å². The van der Waals surface area contributed by atoms with Gasteiger partial charge in [0.05, 0.1) is 0 Å². The molecule has 2 unspecified atom stereocenters. The fourth-order valence-electron chi connectivity index (χ4n) is 2.36. The first-order valence-electron chi connectivity index (χ1n) is 5.89. The van der Waals surface area contributed by atoms with E-state index in [0.717, 1.165) is 0 Å². The minimum Gasteiger partial charge on any atom is -0.294 e. The maximum Gasteiger partial charge on any atom is 0.415 e. The summed E-state index contributed by atoms with van der Waals surface area (Å²) in [7, 11) is 0. The van der Waals surface area contributed by atoms with E-state index >= 15 is 0 Å². The highest BCUT2D eigenvalue weighted by molar-refractivity contribution is 5.95. The van der Waals surface area contributed by atoms with Crippen LogP contribution in [-0.2, 0) is 4.79 Å². The number of piperidine rings is 1. The van der Waals surface area contributed by atoms with Gasteiger partial charge in [-0.3, -0.25) is 19.8 Å². The van der Waals surface area contributed by atoms with E-state index in [1.165, 1.54) is 24.3 Å². The lowest BCUT2D eigenvalue weighted by Gasteiger charge is -2.37. The molecule has 20 heavy (non-hydrogen) atoms. The highest BCUT2D eigenvalue weighted by Crippen LogP contribution is 2.36. The van der Waals surface area contributed by atoms with Crippen LogP contribution in [0.25, 0.3) is 0 Å². The van der Waals surface area contributed by atoms with Crippen LogP contribution in [0.15, 0.2) is 30.3 Å². The van der Waals surface area contributed by atoms with E-state index in [-0.39, 0.29) is 12.1 Å². The van der Waals surface area contributed by atoms with Crippen LogP contribution in [0.3, 0.4) is 0 Å². The Hall–Kier alpha value is -2.12. The van der Waals surface area contributed by atoms with Gasteiger partial charge in [-0.25, -0.2) is 0 Å². The van der Waals surface area contributed by atoms with Crippen molar-refractivity contribution in [2.24, 2.45) is 0 Å². The summed E-state index contributed by atoms with van der Waals surface area (Å²) in [6, 6.07) is 2.94. The summed E-state index contributed by atoms with van der Waals surface area (Å²) in [4.78, 5) is 22.2. The van der Waals surface area contributed by atoms with Gasteiger partial charge in [-0.2, -0.15) is 13.2 Å². The number of alkyl halides is 3. The minimum atomic E-state index is -4.86. The second-order valence-electron chi connectivity index (χ2n) is 4.48. The predicted octanol–water partition coefficient (Wildman–Crippen LogP) is 2.39. The van der Waals surface area contributed by atoms with Crippen LogP contribution >= 0.6 is 0 Å². The third-order valence-corrected chi connectivity index (χ3v) is 3.21.